The van der Waals surface area contributed by atoms with Crippen LogP contribution in [0.5, 0.6) is 0 Å². The van der Waals surface area contributed by atoms with Crippen molar-refractivity contribution in [3.63, 3.8) is 0 Å². The fraction of sp³-hybridized carbons (Fsp3) is 0.875. The van der Waals surface area contributed by atoms with E-state index < -0.39 is 0 Å². The van der Waals surface area contributed by atoms with Crippen molar-refractivity contribution < 1.29 is 9.59 Å². The molecule has 0 aliphatic carbocycles. The zero-order valence-corrected chi connectivity index (χ0v) is 16.1. The molecular formula is C16H32N2O2S2. The molecule has 0 spiro atoms. The molecule has 0 bridgehead atoms. The van der Waals surface area contributed by atoms with Crippen LogP contribution in [0.15, 0.2) is 0 Å². The number of carbonyl (C=O) groups is 2. The minimum Gasteiger partial charge on any atom is -0.356 e. The van der Waals surface area contributed by atoms with E-state index in [1.165, 1.54) is 0 Å². The van der Waals surface area contributed by atoms with E-state index in [-0.39, 0.29) is 16.6 Å². The molecule has 0 heterocycles. The van der Waals surface area contributed by atoms with Crippen molar-refractivity contribution in [1.82, 2.24) is 10.6 Å². The Balaban J connectivity index is 3.37. The summed E-state index contributed by atoms with van der Waals surface area (Å²) in [6.07, 6.45) is 4.96. The number of amides is 2. The van der Waals surface area contributed by atoms with Crippen molar-refractivity contribution in [2.75, 3.05) is 18.8 Å². The first-order valence-electron chi connectivity index (χ1n) is 8.19. The zero-order chi connectivity index (χ0) is 16.8. The zero-order valence-electron chi connectivity index (χ0n) is 14.5. The average molecular weight is 349 g/mol. The topological polar surface area (TPSA) is 58.2 Å². The maximum Gasteiger partial charge on any atom is 0.220 e. The normalized spacial score (nSPS) is 11.3. The predicted octanol–water partition coefficient (Wildman–Crippen LogP) is 3.76. The number of carbonyl (C=O) groups excluding carboxylic acids is 2. The largest absolute Gasteiger partial charge is 0.356 e. The molecule has 130 valence electrons. The lowest BCUT2D eigenvalue weighted by Crippen LogP contribution is -2.25. The van der Waals surface area contributed by atoms with Crippen LogP contribution in [0.1, 0.15) is 66.2 Å². The summed E-state index contributed by atoms with van der Waals surface area (Å²) < 4.78 is 0.241. The van der Waals surface area contributed by atoms with Crippen LogP contribution in [-0.2, 0) is 9.59 Å². The molecule has 0 aromatic heterocycles. The van der Waals surface area contributed by atoms with E-state index in [1.807, 2.05) is 17.7 Å². The van der Waals surface area contributed by atoms with Gasteiger partial charge in [0.15, 0.2) is 0 Å². The van der Waals surface area contributed by atoms with Crippen molar-refractivity contribution in [2.45, 2.75) is 71.0 Å². The van der Waals surface area contributed by atoms with Crippen LogP contribution in [0.2, 0.25) is 0 Å². The molecule has 0 aromatic rings. The van der Waals surface area contributed by atoms with Crippen LogP contribution in [0, 0.1) is 0 Å². The monoisotopic (exact) mass is 348 g/mol. The van der Waals surface area contributed by atoms with Crippen molar-refractivity contribution in [3.8, 4) is 0 Å². The first-order chi connectivity index (χ1) is 10.3. The van der Waals surface area contributed by atoms with Crippen LogP contribution < -0.4 is 10.6 Å². The molecule has 6 heteroatoms. The molecular weight excluding hydrogens is 316 g/mol. The van der Waals surface area contributed by atoms with E-state index in [4.69, 9.17) is 0 Å². The number of nitrogens with one attached hydrogen (secondary N) is 2. The van der Waals surface area contributed by atoms with Gasteiger partial charge in [0.05, 0.1) is 0 Å². The molecule has 22 heavy (non-hydrogen) atoms. The Morgan fingerprint density at radius 2 is 1.55 bits per heavy atom. The van der Waals surface area contributed by atoms with Crippen LogP contribution in [0.25, 0.3) is 0 Å². The third-order valence-electron chi connectivity index (χ3n) is 2.70. The summed E-state index contributed by atoms with van der Waals surface area (Å²) in [5, 5.41) is 5.81. The lowest BCUT2D eigenvalue weighted by molar-refractivity contribution is -0.122. The summed E-state index contributed by atoms with van der Waals surface area (Å²) in [5.74, 6) is 1.12. The van der Waals surface area contributed by atoms with E-state index in [0.29, 0.717) is 19.4 Å². The molecule has 0 rings (SSSR count). The van der Waals surface area contributed by atoms with Gasteiger partial charge < -0.3 is 10.6 Å². The highest BCUT2D eigenvalue weighted by Gasteiger charge is 2.11. The molecule has 0 unspecified atom stereocenters. The summed E-state index contributed by atoms with van der Waals surface area (Å²) >= 11 is 0. The van der Waals surface area contributed by atoms with Gasteiger partial charge in [-0.1, -0.05) is 55.7 Å². The fourth-order valence-electron chi connectivity index (χ4n) is 1.61. The van der Waals surface area contributed by atoms with Gasteiger partial charge in [-0.3, -0.25) is 9.59 Å². The molecule has 0 radical (unpaired) electrons. The van der Waals surface area contributed by atoms with Crippen LogP contribution >= 0.6 is 21.6 Å². The van der Waals surface area contributed by atoms with E-state index in [9.17, 15) is 9.59 Å². The van der Waals surface area contributed by atoms with Crippen molar-refractivity contribution in [2.24, 2.45) is 0 Å². The Morgan fingerprint density at radius 1 is 0.909 bits per heavy atom. The highest BCUT2D eigenvalue weighted by atomic mass is 33.1. The highest BCUT2D eigenvalue weighted by molar-refractivity contribution is 8.77. The third kappa shape index (κ3) is 16.0. The molecule has 4 nitrogen and oxygen atoms in total. The molecule has 0 saturated carbocycles. The number of hydrogen-bond acceptors (Lipinski definition) is 4. The molecule has 0 aliphatic heterocycles. The van der Waals surface area contributed by atoms with Gasteiger partial charge in [-0.2, -0.15) is 0 Å². The minimum absolute atomic E-state index is 0.127. The average Bonchev–Trinajstić information content (AvgIpc) is 2.44. The molecule has 0 saturated heterocycles. The minimum atomic E-state index is 0.127. The predicted molar refractivity (Wildman–Crippen MR) is 99.2 cm³/mol. The Morgan fingerprint density at radius 3 is 2.18 bits per heavy atom. The van der Waals surface area contributed by atoms with Crippen LogP contribution in [-0.4, -0.2) is 35.4 Å². The summed E-state index contributed by atoms with van der Waals surface area (Å²) in [6.45, 7) is 10.0. The second kappa shape index (κ2) is 13.1. The van der Waals surface area contributed by atoms with Gasteiger partial charge in [0, 0.05) is 36.4 Å². The molecule has 0 aliphatic rings. The molecule has 2 N–H and O–H groups in total. The molecule has 0 atom stereocenters. The SMILES string of the molecule is CCCNC(=O)CCCCCNC(=O)CCSSC(C)(C)C. The van der Waals surface area contributed by atoms with Gasteiger partial charge >= 0.3 is 0 Å². The van der Waals surface area contributed by atoms with E-state index >= 15 is 0 Å². The van der Waals surface area contributed by atoms with Crippen LogP contribution in [0.3, 0.4) is 0 Å². The maximum absolute atomic E-state index is 11.6. The summed E-state index contributed by atoms with van der Waals surface area (Å²) in [4.78, 5) is 23.0. The first kappa shape index (κ1) is 21.6. The van der Waals surface area contributed by atoms with Gasteiger partial charge in [0.1, 0.15) is 0 Å². The molecule has 0 aromatic carbocycles. The second-order valence-corrected chi connectivity index (χ2v) is 9.52. The maximum atomic E-state index is 11.6. The van der Waals surface area contributed by atoms with Crippen molar-refractivity contribution in [1.29, 1.82) is 0 Å². The standard InChI is InChI=1S/C16H32N2O2S2/c1-5-11-17-14(19)9-7-6-8-12-18-15(20)10-13-21-22-16(2,3)4/h5-13H2,1-4H3,(H,17,19)(H,18,20). The van der Waals surface area contributed by atoms with Crippen LogP contribution in [0.4, 0.5) is 0 Å². The van der Waals surface area contributed by atoms with Gasteiger partial charge in [0.2, 0.25) is 11.8 Å². The number of rotatable bonds is 12. The Bertz CT molecular complexity index is 318. The second-order valence-electron chi connectivity index (χ2n) is 6.28. The van der Waals surface area contributed by atoms with Gasteiger partial charge in [-0.05, 0) is 19.3 Å². The van der Waals surface area contributed by atoms with E-state index in [2.05, 4.69) is 31.4 Å². The number of hydrogen-bond donors (Lipinski definition) is 2. The fourth-order valence-corrected chi connectivity index (χ4v) is 3.88. The Kier molecular flexibility index (Phi) is 12.9. The summed E-state index contributed by atoms with van der Waals surface area (Å²) in [5.41, 5.74) is 0. The van der Waals surface area contributed by atoms with Gasteiger partial charge in [0.25, 0.3) is 0 Å². The lowest BCUT2D eigenvalue weighted by Gasteiger charge is -2.15. The smallest absolute Gasteiger partial charge is 0.220 e. The Labute approximate surface area is 143 Å². The summed E-state index contributed by atoms with van der Waals surface area (Å²) in [6, 6.07) is 0. The molecule has 2 amide bonds. The van der Waals surface area contributed by atoms with E-state index in [1.54, 1.807) is 10.8 Å². The first-order valence-corrected chi connectivity index (χ1v) is 10.5. The van der Waals surface area contributed by atoms with Gasteiger partial charge in [-0.25, -0.2) is 0 Å². The third-order valence-corrected chi connectivity index (χ3v) is 6.04. The van der Waals surface area contributed by atoms with Crippen molar-refractivity contribution >= 4 is 33.4 Å². The lowest BCUT2D eigenvalue weighted by atomic mass is 10.2. The molecule has 0 fully saturated rings. The highest BCUT2D eigenvalue weighted by Crippen LogP contribution is 2.35. The van der Waals surface area contributed by atoms with Gasteiger partial charge in [-0.15, -0.1) is 0 Å². The number of unbranched alkanes of at least 4 members (excludes halogenated alkanes) is 2. The summed E-state index contributed by atoms with van der Waals surface area (Å²) in [7, 11) is 3.57. The quantitative estimate of drug-likeness (QED) is 0.416. The van der Waals surface area contributed by atoms with Crippen molar-refractivity contribution in [3.05, 3.63) is 0 Å². The van der Waals surface area contributed by atoms with E-state index in [0.717, 1.165) is 38.0 Å². The Hall–Kier alpha value is -0.360.